The zero-order chi connectivity index (χ0) is 20.1. The molecule has 0 spiro atoms. The number of rotatable bonds is 9. The van der Waals surface area contributed by atoms with Crippen LogP contribution >= 0.6 is 15.0 Å². The number of nitrogens with zero attached hydrogens (tertiary/aromatic N) is 1. The first kappa shape index (κ1) is 21.8. The Kier molecular flexibility index (Phi) is 7.38. The number of aromatic nitrogens is 1. The Hall–Kier alpha value is -1.49. The lowest BCUT2D eigenvalue weighted by atomic mass is 10.0. The molecule has 0 saturated carbocycles. The van der Waals surface area contributed by atoms with Crippen LogP contribution in [0.5, 0.6) is 0 Å². The molecule has 9 heteroatoms. The van der Waals surface area contributed by atoms with Gasteiger partial charge in [-0.25, -0.2) is 4.98 Å². The average Bonchev–Trinajstić information content (AvgIpc) is 2.59. The topological polar surface area (TPSA) is 120 Å². The Labute approximate surface area is 159 Å². The van der Waals surface area contributed by atoms with Gasteiger partial charge in [-0.3, -0.25) is 9.13 Å². The van der Waals surface area contributed by atoms with Crippen molar-refractivity contribution in [2.75, 3.05) is 18.5 Å². The van der Waals surface area contributed by atoms with E-state index in [2.05, 4.69) is 17.2 Å². The first-order valence-electron chi connectivity index (χ1n) is 8.76. The third-order valence-electron chi connectivity index (χ3n) is 4.24. The van der Waals surface area contributed by atoms with Crippen LogP contribution in [0.2, 0.25) is 0 Å². The van der Waals surface area contributed by atoms with Gasteiger partial charge in [0.1, 0.15) is 11.2 Å². The minimum Gasteiger partial charge on any atom is -0.370 e. The van der Waals surface area contributed by atoms with Crippen LogP contribution < -0.4 is 5.32 Å². The molecule has 0 aliphatic carbocycles. The van der Waals surface area contributed by atoms with Gasteiger partial charge in [-0.15, -0.1) is 0 Å². The monoisotopic (exact) mass is 412 g/mol. The van der Waals surface area contributed by atoms with E-state index in [0.717, 1.165) is 30.6 Å². The smallest absolute Gasteiger partial charge is 0.338 e. The van der Waals surface area contributed by atoms with Crippen LogP contribution in [-0.4, -0.2) is 38.3 Å². The van der Waals surface area contributed by atoms with E-state index in [9.17, 15) is 23.8 Å². The Morgan fingerprint density at radius 1 is 1.11 bits per heavy atom. The molecule has 0 saturated heterocycles. The lowest BCUT2D eigenvalue weighted by molar-refractivity contribution is 0.363. The Morgan fingerprint density at radius 2 is 1.78 bits per heavy atom. The van der Waals surface area contributed by atoms with Crippen LogP contribution in [0.3, 0.4) is 0 Å². The van der Waals surface area contributed by atoms with Crippen molar-refractivity contribution in [2.24, 2.45) is 0 Å². The highest BCUT2D eigenvalue weighted by atomic mass is 31.2. The summed E-state index contributed by atoms with van der Waals surface area (Å²) in [6.07, 6.45) is 3.34. The molecule has 0 radical (unpaired) electrons. The highest BCUT2D eigenvalue weighted by Crippen LogP contribution is 2.61. The number of unbranched alkanes of at least 4 members (excludes halogenated alkanes) is 1. The second-order valence-corrected chi connectivity index (χ2v) is 11.3. The Morgan fingerprint density at radius 3 is 2.33 bits per heavy atom. The third kappa shape index (κ3) is 6.27. The molecule has 1 aromatic carbocycles. The summed E-state index contributed by atoms with van der Waals surface area (Å²) in [4.78, 5) is 33.5. The van der Waals surface area contributed by atoms with Gasteiger partial charge in [-0.1, -0.05) is 43.7 Å². The fourth-order valence-electron chi connectivity index (χ4n) is 2.76. The molecule has 2 unspecified atom stereocenters. The van der Waals surface area contributed by atoms with Gasteiger partial charge in [0, 0.05) is 25.0 Å². The molecule has 0 fully saturated rings. The van der Waals surface area contributed by atoms with Crippen molar-refractivity contribution in [2.45, 2.75) is 31.6 Å². The molecule has 7 nitrogen and oxygen atoms in total. The summed E-state index contributed by atoms with van der Waals surface area (Å²) in [6, 6.07) is 11.2. The van der Waals surface area contributed by atoms with Crippen LogP contribution in [0.15, 0.2) is 42.6 Å². The fraction of sp³-hybridized carbons (Fsp3) is 0.389. The standard InChI is InChI=1S/C18H26N2O5P2/c1-3-4-10-19-18-15(12-17(26(2,21)22)27(23,24)25)11-16(13-20-18)14-8-6-5-7-9-14/h5-9,11,13,17H,3-4,10,12H2,1-2H3,(H,19,20)(H,21,22)(H2,23,24,25). The Balaban J connectivity index is 2.45. The maximum absolute atomic E-state index is 12.1. The average molecular weight is 412 g/mol. The summed E-state index contributed by atoms with van der Waals surface area (Å²) in [5, 5.41) is 1.50. The van der Waals surface area contributed by atoms with E-state index in [1.165, 1.54) is 0 Å². The minimum atomic E-state index is -4.77. The molecular weight excluding hydrogens is 386 g/mol. The summed E-state index contributed by atoms with van der Waals surface area (Å²) >= 11 is 0. The minimum absolute atomic E-state index is 0.239. The van der Waals surface area contributed by atoms with Crippen LogP contribution in [0.1, 0.15) is 25.3 Å². The summed E-state index contributed by atoms with van der Waals surface area (Å²) in [5.41, 5.74) is 2.19. The summed E-state index contributed by atoms with van der Waals surface area (Å²) < 4.78 is 23.9. The number of pyridine rings is 1. The molecule has 1 heterocycles. The number of anilines is 1. The second kappa shape index (κ2) is 9.13. The van der Waals surface area contributed by atoms with Gasteiger partial charge in [0.15, 0.2) is 0 Å². The van der Waals surface area contributed by atoms with Gasteiger partial charge < -0.3 is 20.0 Å². The predicted molar refractivity (Wildman–Crippen MR) is 108 cm³/mol. The van der Waals surface area contributed by atoms with Crippen LogP contribution in [-0.2, 0) is 15.6 Å². The van der Waals surface area contributed by atoms with E-state index >= 15 is 0 Å². The van der Waals surface area contributed by atoms with Gasteiger partial charge >= 0.3 is 7.60 Å². The van der Waals surface area contributed by atoms with E-state index < -0.39 is 20.4 Å². The quantitative estimate of drug-likeness (QED) is 0.364. The SMILES string of the molecule is CCCCNc1ncc(-c2ccccc2)cc1CC(P(C)(=O)O)P(=O)(O)O. The van der Waals surface area contributed by atoms with Crippen LogP contribution in [0.25, 0.3) is 11.1 Å². The van der Waals surface area contributed by atoms with Gasteiger partial charge in [0.2, 0.25) is 7.37 Å². The van der Waals surface area contributed by atoms with Gasteiger partial charge in [0.25, 0.3) is 0 Å². The summed E-state index contributed by atoms with van der Waals surface area (Å²) in [5.74, 6) is 0.482. The molecule has 27 heavy (non-hydrogen) atoms. The molecule has 0 aliphatic rings. The second-order valence-electron chi connectivity index (χ2n) is 6.60. The van der Waals surface area contributed by atoms with E-state index in [4.69, 9.17) is 0 Å². The lowest BCUT2D eigenvalue weighted by Crippen LogP contribution is -2.15. The van der Waals surface area contributed by atoms with Crippen molar-refractivity contribution in [1.29, 1.82) is 0 Å². The molecule has 1 aromatic heterocycles. The highest BCUT2D eigenvalue weighted by Gasteiger charge is 2.41. The number of hydrogen-bond donors (Lipinski definition) is 4. The summed E-state index contributed by atoms with van der Waals surface area (Å²) in [7, 11) is -8.79. The van der Waals surface area contributed by atoms with Crippen molar-refractivity contribution < 1.29 is 23.8 Å². The van der Waals surface area contributed by atoms with E-state index in [-0.39, 0.29) is 6.42 Å². The Bertz CT molecular complexity index is 826. The zero-order valence-corrected chi connectivity index (χ0v) is 17.2. The largest absolute Gasteiger partial charge is 0.370 e. The molecule has 2 atom stereocenters. The number of nitrogens with one attached hydrogen (secondary N) is 1. The van der Waals surface area contributed by atoms with Crippen LogP contribution in [0, 0.1) is 0 Å². The van der Waals surface area contributed by atoms with Crippen molar-refractivity contribution >= 4 is 20.8 Å². The first-order chi connectivity index (χ1) is 12.6. The molecular formula is C18H26N2O5P2. The van der Waals surface area contributed by atoms with E-state index in [1.54, 1.807) is 12.3 Å². The first-order valence-corrected chi connectivity index (χ1v) is 12.6. The number of benzene rings is 1. The number of hydrogen-bond acceptors (Lipinski definition) is 4. The van der Waals surface area contributed by atoms with E-state index in [0.29, 0.717) is 17.9 Å². The summed E-state index contributed by atoms with van der Waals surface area (Å²) in [6.45, 7) is 3.69. The zero-order valence-electron chi connectivity index (χ0n) is 15.4. The predicted octanol–water partition coefficient (Wildman–Crippen LogP) is 3.91. The van der Waals surface area contributed by atoms with Gasteiger partial charge in [0.05, 0.1) is 0 Å². The molecule has 0 amide bonds. The molecule has 148 valence electrons. The normalized spacial score (nSPS) is 15.1. The van der Waals surface area contributed by atoms with Crippen molar-refractivity contribution in [1.82, 2.24) is 4.98 Å². The molecule has 2 aromatic rings. The third-order valence-corrected chi connectivity index (χ3v) is 8.68. The van der Waals surface area contributed by atoms with E-state index in [1.807, 2.05) is 30.3 Å². The molecule has 4 N–H and O–H groups in total. The van der Waals surface area contributed by atoms with Crippen LogP contribution in [0.4, 0.5) is 5.82 Å². The highest BCUT2D eigenvalue weighted by molar-refractivity contribution is 7.73. The van der Waals surface area contributed by atoms with Crippen molar-refractivity contribution in [3.8, 4) is 11.1 Å². The molecule has 0 bridgehead atoms. The molecule has 2 rings (SSSR count). The molecule has 0 aliphatic heterocycles. The van der Waals surface area contributed by atoms with Crippen molar-refractivity contribution in [3.63, 3.8) is 0 Å². The maximum atomic E-state index is 12.1. The van der Waals surface area contributed by atoms with Gasteiger partial charge in [-0.2, -0.15) is 0 Å². The fourth-order valence-corrected chi connectivity index (χ4v) is 5.96. The maximum Gasteiger partial charge on any atom is 0.338 e. The van der Waals surface area contributed by atoms with Gasteiger partial charge in [-0.05, 0) is 30.0 Å². The van der Waals surface area contributed by atoms with Crippen molar-refractivity contribution in [3.05, 3.63) is 48.2 Å². The lowest BCUT2D eigenvalue weighted by Gasteiger charge is -2.22.